The van der Waals surface area contributed by atoms with Crippen molar-refractivity contribution in [2.45, 2.75) is 117 Å². The summed E-state index contributed by atoms with van der Waals surface area (Å²) in [6.45, 7) is 14.8. The minimum Gasteiger partial charge on any atom is -0.394 e. The van der Waals surface area contributed by atoms with Crippen molar-refractivity contribution in [3.8, 4) is 0 Å². The molecule has 0 radical (unpaired) electrons. The summed E-state index contributed by atoms with van der Waals surface area (Å²) in [6, 6.07) is 0. The molecular weight excluding hydrogens is 466 g/mol. The van der Waals surface area contributed by atoms with Gasteiger partial charge < -0.3 is 29.7 Å². The Labute approximate surface area is 223 Å². The molecule has 210 valence electrons. The van der Waals surface area contributed by atoms with Gasteiger partial charge in [-0.2, -0.15) is 0 Å². The Morgan fingerprint density at radius 2 is 1.76 bits per heavy atom. The molecule has 0 amide bonds. The second-order valence-corrected chi connectivity index (χ2v) is 15.4. The van der Waals surface area contributed by atoms with Gasteiger partial charge in [-0.3, -0.25) is 0 Å². The van der Waals surface area contributed by atoms with Crippen LogP contribution in [0.2, 0.25) is 0 Å². The van der Waals surface area contributed by atoms with E-state index in [1.165, 1.54) is 38.5 Å². The molecule has 13 atom stereocenters. The first kappa shape index (κ1) is 25.7. The highest BCUT2D eigenvalue weighted by Crippen LogP contribution is 2.89. The van der Waals surface area contributed by atoms with Crippen LogP contribution in [0.25, 0.3) is 0 Å². The van der Waals surface area contributed by atoms with E-state index in [9.17, 15) is 10.2 Å². The first-order chi connectivity index (χ1) is 17.5. The Hall–Kier alpha value is -0.240. The van der Waals surface area contributed by atoms with Gasteiger partial charge in [-0.1, -0.05) is 34.6 Å². The van der Waals surface area contributed by atoms with Crippen molar-refractivity contribution in [2.24, 2.45) is 50.7 Å². The molecule has 7 rings (SSSR count). The van der Waals surface area contributed by atoms with Crippen molar-refractivity contribution in [2.75, 3.05) is 26.3 Å². The highest BCUT2D eigenvalue weighted by Gasteiger charge is 2.84. The molecule has 7 aliphatic rings. The maximum absolute atomic E-state index is 12.1. The number of aliphatic hydroxyl groups is 2. The van der Waals surface area contributed by atoms with Crippen molar-refractivity contribution in [1.82, 2.24) is 5.32 Å². The van der Waals surface area contributed by atoms with Crippen LogP contribution in [0.4, 0.5) is 0 Å². The Balaban J connectivity index is 1.18. The van der Waals surface area contributed by atoms with Crippen LogP contribution in [-0.4, -0.2) is 67.2 Å². The third kappa shape index (κ3) is 3.04. The van der Waals surface area contributed by atoms with E-state index < -0.39 is 6.10 Å². The van der Waals surface area contributed by atoms with Gasteiger partial charge in [-0.05, 0) is 96.7 Å². The van der Waals surface area contributed by atoms with Crippen molar-refractivity contribution < 1.29 is 24.4 Å². The van der Waals surface area contributed by atoms with Crippen LogP contribution in [0.5, 0.6) is 0 Å². The minimum absolute atomic E-state index is 0.0617. The Bertz CT molecular complexity index is 921. The number of hydrogen-bond acceptors (Lipinski definition) is 6. The maximum Gasteiger partial charge on any atom is 0.170 e. The fraction of sp³-hybridized carbons (Fsp3) is 1.00. The lowest BCUT2D eigenvalue weighted by Gasteiger charge is -2.63. The molecular formula is C31H51NO5. The Morgan fingerprint density at radius 1 is 1.00 bits per heavy atom. The van der Waals surface area contributed by atoms with Crippen LogP contribution in [-0.2, 0) is 14.2 Å². The first-order valence-electron chi connectivity index (χ1n) is 15.5. The molecule has 0 aromatic rings. The van der Waals surface area contributed by atoms with Crippen LogP contribution in [0.1, 0.15) is 86.0 Å². The van der Waals surface area contributed by atoms with E-state index in [0.29, 0.717) is 34.5 Å². The molecule has 7 fully saturated rings. The number of hydrogen-bond donors (Lipinski definition) is 3. The molecule has 0 aromatic heterocycles. The summed E-state index contributed by atoms with van der Waals surface area (Å²) in [6.07, 6.45) is 9.02. The van der Waals surface area contributed by atoms with Crippen LogP contribution in [0.3, 0.4) is 0 Å². The zero-order valence-electron chi connectivity index (χ0n) is 23.8. The van der Waals surface area contributed by atoms with Crippen molar-refractivity contribution in [1.29, 1.82) is 0 Å². The van der Waals surface area contributed by atoms with Gasteiger partial charge in [0.15, 0.2) is 6.29 Å². The predicted octanol–water partition coefficient (Wildman–Crippen LogP) is 4.12. The Kier molecular flexibility index (Phi) is 5.67. The standard InChI is InChI=1S/C31H51NO5/c1-18-14-19(16-33)36-25-24(18)28(4)10-11-31-17-30(31)9-8-22(37-23-15-32-12-13-35-23)27(2,3)20(30)6-7-21(31)29(28,5)26(25)34/h18-26,32-34H,6-17H2,1-5H3/t18-,19?,20+,21?,22?,23+,24+,25?,26+,28-,29-,30-,31+/m1/s1. The second-order valence-electron chi connectivity index (χ2n) is 15.4. The van der Waals surface area contributed by atoms with E-state index in [1.807, 2.05) is 0 Å². The topological polar surface area (TPSA) is 80.2 Å². The average molecular weight is 518 g/mol. The molecule has 5 aliphatic carbocycles. The largest absolute Gasteiger partial charge is 0.394 e. The number of rotatable bonds is 3. The van der Waals surface area contributed by atoms with E-state index >= 15 is 0 Å². The van der Waals surface area contributed by atoms with Gasteiger partial charge in [0.25, 0.3) is 0 Å². The fourth-order valence-corrected chi connectivity index (χ4v) is 12.6. The molecule has 0 bridgehead atoms. The predicted molar refractivity (Wildman–Crippen MR) is 141 cm³/mol. The summed E-state index contributed by atoms with van der Waals surface area (Å²) < 4.78 is 19.1. The average Bonchev–Trinajstić information content (AvgIpc) is 3.51. The van der Waals surface area contributed by atoms with Crippen molar-refractivity contribution in [3.63, 3.8) is 0 Å². The van der Waals surface area contributed by atoms with Gasteiger partial charge in [0, 0.05) is 18.5 Å². The fourth-order valence-electron chi connectivity index (χ4n) is 12.6. The van der Waals surface area contributed by atoms with Crippen molar-refractivity contribution in [3.05, 3.63) is 0 Å². The monoisotopic (exact) mass is 517 g/mol. The zero-order valence-corrected chi connectivity index (χ0v) is 23.8. The van der Waals surface area contributed by atoms with Gasteiger partial charge in [-0.15, -0.1) is 0 Å². The van der Waals surface area contributed by atoms with Crippen molar-refractivity contribution >= 4 is 0 Å². The normalized spacial score (nSPS) is 59.9. The van der Waals surface area contributed by atoms with E-state index in [0.717, 1.165) is 32.5 Å². The molecule has 2 aliphatic heterocycles. The summed E-state index contributed by atoms with van der Waals surface area (Å²) in [5, 5.41) is 25.5. The number of morpholine rings is 1. The minimum atomic E-state index is -0.445. The van der Waals surface area contributed by atoms with Crippen LogP contribution >= 0.6 is 0 Å². The van der Waals surface area contributed by atoms with E-state index in [2.05, 4.69) is 39.9 Å². The number of ether oxygens (including phenoxy) is 3. The van der Waals surface area contributed by atoms with E-state index in [-0.39, 0.29) is 47.5 Å². The smallest absolute Gasteiger partial charge is 0.170 e. The molecule has 2 heterocycles. The van der Waals surface area contributed by atoms with E-state index in [4.69, 9.17) is 14.2 Å². The molecule has 6 heteroatoms. The first-order valence-corrected chi connectivity index (χ1v) is 15.5. The van der Waals surface area contributed by atoms with Crippen LogP contribution in [0.15, 0.2) is 0 Å². The molecule has 6 nitrogen and oxygen atoms in total. The van der Waals surface area contributed by atoms with Gasteiger partial charge in [0.1, 0.15) is 0 Å². The molecule has 37 heavy (non-hydrogen) atoms. The second kappa shape index (κ2) is 8.16. The van der Waals surface area contributed by atoms with E-state index in [1.54, 1.807) is 0 Å². The molecule has 0 aromatic carbocycles. The SMILES string of the molecule is C[C@@H]1CC(CO)OC2[C@H]1[C@@]1(C)CC[C@@]34C[C@@]35CCC(O[C@H]3CNCCO3)C(C)(C)[C@@H]5CCC4[C@]1(C)[C@H]2O. The van der Waals surface area contributed by atoms with Gasteiger partial charge >= 0.3 is 0 Å². The third-order valence-corrected chi connectivity index (χ3v) is 14.2. The summed E-state index contributed by atoms with van der Waals surface area (Å²) >= 11 is 0. The highest BCUT2D eigenvalue weighted by molar-refractivity contribution is 5.32. The van der Waals surface area contributed by atoms with Gasteiger partial charge in [0.05, 0.1) is 37.6 Å². The van der Waals surface area contributed by atoms with Gasteiger partial charge in [-0.25, -0.2) is 0 Å². The number of fused-ring (bicyclic) bond motifs is 4. The lowest BCUT2D eigenvalue weighted by molar-refractivity contribution is -0.237. The lowest BCUT2D eigenvalue weighted by atomic mass is 9.41. The van der Waals surface area contributed by atoms with Crippen LogP contribution in [0, 0.1) is 50.7 Å². The molecule has 4 unspecified atom stereocenters. The third-order valence-electron chi connectivity index (χ3n) is 14.2. The summed E-state index contributed by atoms with van der Waals surface area (Å²) in [5.41, 5.74) is 0.854. The van der Waals surface area contributed by atoms with Crippen LogP contribution < -0.4 is 5.32 Å². The molecule has 2 saturated heterocycles. The lowest BCUT2D eigenvalue weighted by Crippen LogP contribution is -2.60. The molecule has 3 N–H and O–H groups in total. The summed E-state index contributed by atoms with van der Waals surface area (Å²) in [5.74, 6) is 2.08. The van der Waals surface area contributed by atoms with Gasteiger partial charge in [0.2, 0.25) is 0 Å². The molecule has 2 spiro atoms. The highest BCUT2D eigenvalue weighted by atomic mass is 16.7. The summed E-state index contributed by atoms with van der Waals surface area (Å²) in [4.78, 5) is 0. The Morgan fingerprint density at radius 3 is 2.49 bits per heavy atom. The quantitative estimate of drug-likeness (QED) is 0.523. The molecule has 5 saturated carbocycles. The maximum atomic E-state index is 12.1. The number of nitrogens with one attached hydrogen (secondary N) is 1. The summed E-state index contributed by atoms with van der Waals surface area (Å²) in [7, 11) is 0. The zero-order chi connectivity index (χ0) is 26.0. The number of aliphatic hydroxyl groups excluding tert-OH is 2.